The predicted octanol–water partition coefficient (Wildman–Crippen LogP) is 3.29. The number of nitro benzene ring substituents is 1. The molecule has 2 aromatic carbocycles. The van der Waals surface area contributed by atoms with E-state index in [9.17, 15) is 20.0 Å². The fraction of sp³-hybridized carbons (Fsp3) is 0.0588. The van der Waals surface area contributed by atoms with Crippen molar-refractivity contribution in [1.29, 1.82) is 0 Å². The van der Waals surface area contributed by atoms with Crippen LogP contribution in [-0.2, 0) is 0 Å². The Morgan fingerprint density at radius 3 is 2.88 bits per heavy atom. The highest BCUT2D eigenvalue weighted by atomic mass is 32.1. The molecule has 0 radical (unpaired) electrons. The van der Waals surface area contributed by atoms with E-state index in [1.54, 1.807) is 30.3 Å². The van der Waals surface area contributed by atoms with E-state index in [0.29, 0.717) is 21.6 Å². The number of nitro groups is 1. The van der Waals surface area contributed by atoms with Gasteiger partial charge in [-0.1, -0.05) is 6.07 Å². The van der Waals surface area contributed by atoms with Crippen LogP contribution in [-0.4, -0.2) is 29.3 Å². The number of carbonyl (C=O) groups is 1. The number of nitrogens with one attached hydrogen (secondary N) is 1. The Morgan fingerprint density at radius 2 is 2.15 bits per heavy atom. The van der Waals surface area contributed by atoms with Crippen LogP contribution in [0.4, 0.5) is 5.69 Å². The van der Waals surface area contributed by atoms with Gasteiger partial charge >= 0.3 is 0 Å². The van der Waals surface area contributed by atoms with Gasteiger partial charge in [-0.3, -0.25) is 14.9 Å². The number of non-ortho nitro benzene ring substituents is 1. The van der Waals surface area contributed by atoms with Crippen LogP contribution in [0.3, 0.4) is 0 Å². The molecule has 0 aliphatic rings. The van der Waals surface area contributed by atoms with E-state index < -0.39 is 10.8 Å². The fourth-order valence-electron chi connectivity index (χ4n) is 2.28. The molecular formula is C17H13N3O5S. The molecule has 26 heavy (non-hydrogen) atoms. The normalized spacial score (nSPS) is 11.0. The Labute approximate surface area is 151 Å². The summed E-state index contributed by atoms with van der Waals surface area (Å²) >= 11 is 1.20. The third-order valence-corrected chi connectivity index (χ3v) is 4.67. The lowest BCUT2D eigenvalue weighted by Gasteiger charge is -2.04. The molecule has 1 amide bonds. The molecule has 2 N–H and O–H groups in total. The molecule has 0 bridgehead atoms. The van der Waals surface area contributed by atoms with Crippen LogP contribution in [0.5, 0.6) is 11.5 Å². The maximum absolute atomic E-state index is 12.2. The van der Waals surface area contributed by atoms with Crippen molar-refractivity contribution in [2.24, 2.45) is 5.10 Å². The first-order valence-corrected chi connectivity index (χ1v) is 8.18. The molecule has 0 aliphatic heterocycles. The van der Waals surface area contributed by atoms with Gasteiger partial charge in [-0.15, -0.1) is 11.3 Å². The number of methoxy groups -OCH3 is 1. The van der Waals surface area contributed by atoms with Gasteiger partial charge in [0.15, 0.2) is 11.5 Å². The summed E-state index contributed by atoms with van der Waals surface area (Å²) in [6.07, 6.45) is 1.30. The van der Waals surface area contributed by atoms with Crippen LogP contribution in [0, 0.1) is 10.1 Å². The van der Waals surface area contributed by atoms with Crippen LogP contribution in [0.15, 0.2) is 47.6 Å². The topological polar surface area (TPSA) is 114 Å². The molecule has 1 heterocycles. The Bertz CT molecular complexity index is 1030. The van der Waals surface area contributed by atoms with Crippen LogP contribution in [0.25, 0.3) is 10.1 Å². The zero-order chi connectivity index (χ0) is 18.7. The quantitative estimate of drug-likeness (QED) is 0.406. The molecule has 9 heteroatoms. The Balaban J connectivity index is 1.76. The molecule has 0 saturated heterocycles. The summed E-state index contributed by atoms with van der Waals surface area (Å²) in [6, 6.07) is 10.9. The Hall–Kier alpha value is -3.46. The highest BCUT2D eigenvalue weighted by molar-refractivity contribution is 7.20. The van der Waals surface area contributed by atoms with Crippen molar-refractivity contribution in [2.45, 2.75) is 0 Å². The van der Waals surface area contributed by atoms with Gasteiger partial charge in [0.1, 0.15) is 0 Å². The molecule has 0 spiro atoms. The maximum atomic E-state index is 12.2. The fourth-order valence-corrected chi connectivity index (χ4v) is 3.21. The van der Waals surface area contributed by atoms with Gasteiger partial charge in [-0.05, 0) is 24.3 Å². The smallest absolute Gasteiger partial charge is 0.281 e. The van der Waals surface area contributed by atoms with Crippen molar-refractivity contribution < 1.29 is 19.6 Å². The largest absolute Gasteiger partial charge is 0.504 e. The van der Waals surface area contributed by atoms with E-state index in [1.807, 2.05) is 0 Å². The summed E-state index contributed by atoms with van der Waals surface area (Å²) in [6.45, 7) is 0. The minimum absolute atomic E-state index is 0.0335. The molecular weight excluding hydrogens is 358 g/mol. The summed E-state index contributed by atoms with van der Waals surface area (Å²) in [4.78, 5) is 22.9. The van der Waals surface area contributed by atoms with Crippen LogP contribution in [0.1, 0.15) is 15.2 Å². The third-order valence-electron chi connectivity index (χ3n) is 3.55. The van der Waals surface area contributed by atoms with Crippen molar-refractivity contribution in [1.82, 2.24) is 5.43 Å². The number of thiophene rings is 1. The number of phenolic OH excluding ortho intramolecular Hbond substituents is 1. The molecule has 0 atom stereocenters. The van der Waals surface area contributed by atoms with Crippen molar-refractivity contribution in [2.75, 3.05) is 7.11 Å². The summed E-state index contributed by atoms with van der Waals surface area (Å²) in [5.74, 6) is -0.235. The van der Waals surface area contributed by atoms with Crippen molar-refractivity contribution in [3.05, 3.63) is 63.0 Å². The minimum Gasteiger partial charge on any atom is -0.504 e. The Morgan fingerprint density at radius 1 is 1.35 bits per heavy atom. The third kappa shape index (κ3) is 3.47. The van der Waals surface area contributed by atoms with Gasteiger partial charge in [0, 0.05) is 27.8 Å². The van der Waals surface area contributed by atoms with Crippen LogP contribution < -0.4 is 10.2 Å². The second-order valence-corrected chi connectivity index (χ2v) is 6.27. The lowest BCUT2D eigenvalue weighted by molar-refractivity contribution is -0.384. The standard InChI is InChI=1S/C17H13N3O5S/c1-25-13-4-2-3-10(16(13)21)9-18-19-17(22)15-8-11-7-12(20(23)24)5-6-14(11)26-15/h2-9,21H,1H3,(H,19,22)/b18-9-. The molecule has 3 aromatic rings. The van der Waals surface area contributed by atoms with Crippen molar-refractivity contribution in [3.63, 3.8) is 0 Å². The lowest BCUT2D eigenvalue weighted by Crippen LogP contribution is -2.16. The minimum atomic E-state index is -0.484. The van der Waals surface area contributed by atoms with Gasteiger partial charge in [0.25, 0.3) is 11.6 Å². The summed E-state index contributed by atoms with van der Waals surface area (Å²) < 4.78 is 5.76. The van der Waals surface area contributed by atoms with Gasteiger partial charge < -0.3 is 9.84 Å². The SMILES string of the molecule is COc1cccc(/C=N\NC(=O)c2cc3cc([N+](=O)[O-])ccc3s2)c1O. The number of benzene rings is 2. The number of hydrogen-bond donors (Lipinski definition) is 2. The highest BCUT2D eigenvalue weighted by Crippen LogP contribution is 2.29. The molecule has 132 valence electrons. The molecule has 8 nitrogen and oxygen atoms in total. The number of ether oxygens (including phenoxy) is 1. The second kappa shape index (κ2) is 7.19. The molecule has 1 aromatic heterocycles. The van der Waals surface area contributed by atoms with E-state index in [-0.39, 0.29) is 11.4 Å². The lowest BCUT2D eigenvalue weighted by atomic mass is 10.2. The number of para-hydroxylation sites is 1. The van der Waals surface area contributed by atoms with Crippen molar-refractivity contribution >= 4 is 39.2 Å². The summed E-state index contributed by atoms with van der Waals surface area (Å²) in [5.41, 5.74) is 2.72. The average Bonchev–Trinajstić information content (AvgIpc) is 3.06. The van der Waals surface area contributed by atoms with Gasteiger partial charge in [-0.2, -0.15) is 5.10 Å². The maximum Gasteiger partial charge on any atom is 0.281 e. The van der Waals surface area contributed by atoms with Gasteiger partial charge in [-0.25, -0.2) is 5.43 Å². The number of carbonyl (C=O) groups excluding carboxylic acids is 1. The van der Waals surface area contributed by atoms with E-state index in [0.717, 1.165) is 4.70 Å². The molecule has 0 fully saturated rings. The van der Waals surface area contributed by atoms with E-state index in [1.165, 1.54) is 36.8 Å². The van der Waals surface area contributed by atoms with Gasteiger partial charge in [0.2, 0.25) is 0 Å². The zero-order valence-electron chi connectivity index (χ0n) is 13.5. The number of nitrogens with zero attached hydrogens (tertiary/aromatic N) is 2. The first-order valence-electron chi connectivity index (χ1n) is 7.37. The van der Waals surface area contributed by atoms with E-state index in [4.69, 9.17) is 4.74 Å². The molecule has 0 unspecified atom stereocenters. The number of amides is 1. The number of rotatable bonds is 5. The molecule has 0 aliphatic carbocycles. The number of hydrogen-bond acceptors (Lipinski definition) is 7. The van der Waals surface area contributed by atoms with Crippen LogP contribution >= 0.6 is 11.3 Å². The molecule has 3 rings (SSSR count). The first kappa shape index (κ1) is 17.4. The number of hydrazone groups is 1. The van der Waals surface area contributed by atoms with Crippen molar-refractivity contribution in [3.8, 4) is 11.5 Å². The first-order chi connectivity index (χ1) is 12.5. The van der Waals surface area contributed by atoms with Crippen LogP contribution in [0.2, 0.25) is 0 Å². The average molecular weight is 371 g/mol. The second-order valence-electron chi connectivity index (χ2n) is 5.19. The molecule has 0 saturated carbocycles. The monoisotopic (exact) mass is 371 g/mol. The predicted molar refractivity (Wildman–Crippen MR) is 98.2 cm³/mol. The number of phenols is 1. The van der Waals surface area contributed by atoms with E-state index in [2.05, 4.69) is 10.5 Å². The number of aromatic hydroxyl groups is 1. The zero-order valence-corrected chi connectivity index (χ0v) is 14.3. The van der Waals surface area contributed by atoms with E-state index >= 15 is 0 Å². The Kier molecular flexibility index (Phi) is 4.81. The number of fused-ring (bicyclic) bond motifs is 1. The summed E-state index contributed by atoms with van der Waals surface area (Å²) in [7, 11) is 1.43. The highest BCUT2D eigenvalue weighted by Gasteiger charge is 2.13. The summed E-state index contributed by atoms with van der Waals surface area (Å²) in [5, 5.41) is 25.2. The van der Waals surface area contributed by atoms with Gasteiger partial charge in [0.05, 0.1) is 23.1 Å².